The first kappa shape index (κ1) is 12.8. The molecular formula is C14H19ClFN. The maximum absolute atomic E-state index is 13.7. The van der Waals surface area contributed by atoms with Crippen LogP contribution < -0.4 is 0 Å². The van der Waals surface area contributed by atoms with Crippen molar-refractivity contribution in [2.45, 2.75) is 51.7 Å². The normalized spacial score (nSPS) is 26.1. The van der Waals surface area contributed by atoms with Crippen molar-refractivity contribution in [1.29, 1.82) is 0 Å². The molecule has 94 valence electrons. The fraction of sp³-hybridized carbons (Fsp3) is 0.571. The van der Waals surface area contributed by atoms with Gasteiger partial charge in [-0.25, -0.2) is 4.39 Å². The van der Waals surface area contributed by atoms with Gasteiger partial charge in [0, 0.05) is 29.2 Å². The molecule has 0 aromatic heterocycles. The Morgan fingerprint density at radius 2 is 1.94 bits per heavy atom. The highest BCUT2D eigenvalue weighted by molar-refractivity contribution is 6.31. The summed E-state index contributed by atoms with van der Waals surface area (Å²) in [7, 11) is 0. The van der Waals surface area contributed by atoms with Crippen LogP contribution in [0.15, 0.2) is 18.2 Å². The number of nitrogens with zero attached hydrogens (tertiary/aromatic N) is 1. The second-order valence-electron chi connectivity index (χ2n) is 5.00. The van der Waals surface area contributed by atoms with E-state index in [4.69, 9.17) is 11.6 Å². The van der Waals surface area contributed by atoms with Gasteiger partial charge in [0.15, 0.2) is 0 Å². The molecule has 3 heteroatoms. The minimum atomic E-state index is -0.192. The van der Waals surface area contributed by atoms with E-state index in [0.29, 0.717) is 29.2 Å². The Labute approximate surface area is 108 Å². The van der Waals surface area contributed by atoms with Gasteiger partial charge in [-0.1, -0.05) is 24.1 Å². The summed E-state index contributed by atoms with van der Waals surface area (Å²) in [6.45, 7) is 5.04. The van der Waals surface area contributed by atoms with Crippen LogP contribution in [0.1, 0.15) is 38.7 Å². The number of rotatable bonds is 2. The van der Waals surface area contributed by atoms with Crippen LogP contribution in [0.3, 0.4) is 0 Å². The largest absolute Gasteiger partial charge is 0.294 e. The Bertz CT molecular complexity index is 364. The molecule has 0 spiro atoms. The van der Waals surface area contributed by atoms with Gasteiger partial charge >= 0.3 is 0 Å². The number of piperidine rings is 1. The number of hydrogen-bond acceptors (Lipinski definition) is 1. The first-order chi connectivity index (χ1) is 8.09. The molecule has 1 aromatic rings. The van der Waals surface area contributed by atoms with Gasteiger partial charge in [0.2, 0.25) is 0 Å². The summed E-state index contributed by atoms with van der Waals surface area (Å²) >= 11 is 6.08. The predicted molar refractivity (Wildman–Crippen MR) is 69.7 cm³/mol. The molecule has 2 rings (SSSR count). The van der Waals surface area contributed by atoms with Crippen molar-refractivity contribution in [3.05, 3.63) is 34.6 Å². The minimum Gasteiger partial charge on any atom is -0.294 e. The van der Waals surface area contributed by atoms with E-state index in [2.05, 4.69) is 18.7 Å². The summed E-state index contributed by atoms with van der Waals surface area (Å²) in [6.07, 6.45) is 3.65. The molecule has 1 aromatic carbocycles. The van der Waals surface area contributed by atoms with Crippen molar-refractivity contribution in [3.63, 3.8) is 0 Å². The van der Waals surface area contributed by atoms with Gasteiger partial charge in [0.1, 0.15) is 5.82 Å². The Balaban J connectivity index is 2.19. The lowest BCUT2D eigenvalue weighted by atomic mass is 9.96. The fourth-order valence-electron chi connectivity index (χ4n) is 2.65. The third kappa shape index (κ3) is 2.80. The van der Waals surface area contributed by atoms with Gasteiger partial charge in [0.25, 0.3) is 0 Å². The van der Waals surface area contributed by atoms with E-state index in [1.165, 1.54) is 25.3 Å². The smallest absolute Gasteiger partial charge is 0.129 e. The molecule has 2 atom stereocenters. The molecule has 0 N–H and O–H groups in total. The number of likely N-dealkylation sites (tertiary alicyclic amines) is 1. The summed E-state index contributed by atoms with van der Waals surface area (Å²) in [4.78, 5) is 2.35. The lowest BCUT2D eigenvalue weighted by Gasteiger charge is -2.39. The highest BCUT2D eigenvalue weighted by atomic mass is 35.5. The molecular weight excluding hydrogens is 237 g/mol. The third-order valence-electron chi connectivity index (χ3n) is 3.78. The lowest BCUT2D eigenvalue weighted by molar-refractivity contribution is 0.0940. The highest BCUT2D eigenvalue weighted by Gasteiger charge is 2.25. The number of hydrogen-bond donors (Lipinski definition) is 0. The molecule has 0 amide bonds. The van der Waals surface area contributed by atoms with Crippen LogP contribution in [-0.2, 0) is 6.54 Å². The van der Waals surface area contributed by atoms with E-state index in [0.717, 1.165) is 0 Å². The fourth-order valence-corrected chi connectivity index (χ4v) is 2.88. The van der Waals surface area contributed by atoms with Crippen molar-refractivity contribution in [2.75, 3.05) is 0 Å². The molecule has 17 heavy (non-hydrogen) atoms. The van der Waals surface area contributed by atoms with Crippen LogP contribution in [0.5, 0.6) is 0 Å². The second-order valence-corrected chi connectivity index (χ2v) is 5.41. The maximum atomic E-state index is 13.7. The van der Waals surface area contributed by atoms with Crippen LogP contribution in [0.25, 0.3) is 0 Å². The summed E-state index contributed by atoms with van der Waals surface area (Å²) in [5, 5.41) is 0.537. The molecule has 1 saturated heterocycles. The number of benzene rings is 1. The zero-order chi connectivity index (χ0) is 12.4. The second kappa shape index (κ2) is 5.36. The average molecular weight is 256 g/mol. The quantitative estimate of drug-likeness (QED) is 0.764. The Morgan fingerprint density at radius 3 is 2.53 bits per heavy atom. The lowest BCUT2D eigenvalue weighted by Crippen LogP contribution is -2.43. The molecule has 0 bridgehead atoms. The summed E-state index contributed by atoms with van der Waals surface area (Å²) in [5.41, 5.74) is 0.634. The molecule has 0 aliphatic carbocycles. The van der Waals surface area contributed by atoms with Crippen LogP contribution in [0, 0.1) is 5.82 Å². The van der Waals surface area contributed by atoms with E-state index in [1.54, 1.807) is 12.1 Å². The zero-order valence-electron chi connectivity index (χ0n) is 10.4. The summed E-state index contributed by atoms with van der Waals surface area (Å²) in [6, 6.07) is 5.92. The Kier molecular flexibility index (Phi) is 4.05. The first-order valence-corrected chi connectivity index (χ1v) is 6.66. The van der Waals surface area contributed by atoms with Crippen LogP contribution in [0.4, 0.5) is 4.39 Å². The molecule has 0 radical (unpaired) electrons. The van der Waals surface area contributed by atoms with Crippen molar-refractivity contribution >= 4 is 11.6 Å². The Morgan fingerprint density at radius 1 is 1.29 bits per heavy atom. The molecule has 1 aliphatic rings. The molecule has 0 saturated carbocycles. The van der Waals surface area contributed by atoms with E-state index in [-0.39, 0.29) is 5.82 Å². The standard InChI is InChI=1S/C14H19ClFN/c1-10-5-3-6-11(2)17(10)9-12-13(15)7-4-8-14(12)16/h4,7-8,10-11H,3,5-6,9H2,1-2H3. The zero-order valence-corrected chi connectivity index (χ0v) is 11.2. The molecule has 2 unspecified atom stereocenters. The van der Waals surface area contributed by atoms with Gasteiger partial charge in [-0.2, -0.15) is 0 Å². The monoisotopic (exact) mass is 255 g/mol. The van der Waals surface area contributed by atoms with Crippen molar-refractivity contribution in [1.82, 2.24) is 4.90 Å². The van der Waals surface area contributed by atoms with Crippen LogP contribution in [-0.4, -0.2) is 17.0 Å². The van der Waals surface area contributed by atoms with E-state index < -0.39 is 0 Å². The topological polar surface area (TPSA) is 3.24 Å². The van der Waals surface area contributed by atoms with Crippen LogP contribution in [0.2, 0.25) is 5.02 Å². The minimum absolute atomic E-state index is 0.192. The van der Waals surface area contributed by atoms with Crippen molar-refractivity contribution in [3.8, 4) is 0 Å². The van der Waals surface area contributed by atoms with Crippen LogP contribution >= 0.6 is 11.6 Å². The third-order valence-corrected chi connectivity index (χ3v) is 4.13. The molecule has 1 aliphatic heterocycles. The van der Waals surface area contributed by atoms with E-state index in [1.807, 2.05) is 0 Å². The van der Waals surface area contributed by atoms with Gasteiger partial charge in [-0.05, 0) is 38.8 Å². The first-order valence-electron chi connectivity index (χ1n) is 6.28. The average Bonchev–Trinajstić information content (AvgIpc) is 2.27. The van der Waals surface area contributed by atoms with Gasteiger partial charge in [-0.15, -0.1) is 0 Å². The SMILES string of the molecule is CC1CCCC(C)N1Cc1c(F)cccc1Cl. The van der Waals surface area contributed by atoms with Crippen molar-refractivity contribution in [2.24, 2.45) is 0 Å². The maximum Gasteiger partial charge on any atom is 0.129 e. The van der Waals surface area contributed by atoms with Gasteiger partial charge < -0.3 is 0 Å². The summed E-state index contributed by atoms with van der Waals surface area (Å²) < 4.78 is 13.7. The predicted octanol–water partition coefficient (Wildman–Crippen LogP) is 4.24. The van der Waals surface area contributed by atoms with Gasteiger partial charge in [0.05, 0.1) is 0 Å². The molecule has 1 fully saturated rings. The number of halogens is 2. The van der Waals surface area contributed by atoms with E-state index >= 15 is 0 Å². The molecule has 1 heterocycles. The molecule has 1 nitrogen and oxygen atoms in total. The van der Waals surface area contributed by atoms with Crippen molar-refractivity contribution < 1.29 is 4.39 Å². The Hall–Kier alpha value is -0.600. The summed E-state index contributed by atoms with van der Waals surface area (Å²) in [5.74, 6) is -0.192. The van der Waals surface area contributed by atoms with E-state index in [9.17, 15) is 4.39 Å². The van der Waals surface area contributed by atoms with Gasteiger partial charge in [-0.3, -0.25) is 4.90 Å². The highest BCUT2D eigenvalue weighted by Crippen LogP contribution is 2.28.